The largest absolute Gasteiger partial charge is 0.494 e. The number of nitrogens with zero attached hydrogens (tertiary/aromatic N) is 2. The summed E-state index contributed by atoms with van der Waals surface area (Å²) >= 11 is 1.43. The van der Waals surface area contributed by atoms with E-state index < -0.39 is 9.84 Å². The number of amides is 1. The topological polar surface area (TPSA) is 97.3 Å². The molecule has 2 aliphatic rings. The van der Waals surface area contributed by atoms with Gasteiger partial charge < -0.3 is 19.7 Å². The Morgan fingerprint density at radius 3 is 2.21 bits per heavy atom. The number of nitrogens with one attached hydrogen (secondary N) is 1. The van der Waals surface area contributed by atoms with Gasteiger partial charge in [-0.25, -0.2) is 8.42 Å². The van der Waals surface area contributed by atoms with Crippen LogP contribution in [0.25, 0.3) is 0 Å². The van der Waals surface area contributed by atoms with Crippen LogP contribution in [-0.4, -0.2) is 62.0 Å². The van der Waals surface area contributed by atoms with Crippen LogP contribution in [0.5, 0.6) is 11.5 Å². The molecule has 0 aliphatic carbocycles. The fourth-order valence-corrected chi connectivity index (χ4v) is 7.55. The summed E-state index contributed by atoms with van der Waals surface area (Å²) in [5.41, 5.74) is 1.45. The third-order valence-corrected chi connectivity index (χ3v) is 8.49. The summed E-state index contributed by atoms with van der Waals surface area (Å²) in [6, 6.07) is 14.4. The highest BCUT2D eigenvalue weighted by Gasteiger charge is 2.44. The number of fused-ring (bicyclic) bond motifs is 1. The molecule has 2 heterocycles. The normalized spacial score (nSPS) is 20.6. The van der Waals surface area contributed by atoms with E-state index in [1.807, 2.05) is 55.1 Å². The first-order chi connectivity index (χ1) is 15.9. The number of carbonyl (C=O) groups is 1. The summed E-state index contributed by atoms with van der Waals surface area (Å²) in [6.45, 7) is 5.01. The summed E-state index contributed by atoms with van der Waals surface area (Å²) in [6.07, 6.45) is 0. The molecule has 1 N–H and O–H groups in total. The Bertz CT molecular complexity index is 1120. The lowest BCUT2D eigenvalue weighted by atomic mass is 10.2. The van der Waals surface area contributed by atoms with Gasteiger partial charge in [0.2, 0.25) is 5.91 Å². The number of benzene rings is 2. The van der Waals surface area contributed by atoms with Gasteiger partial charge in [0.1, 0.15) is 18.0 Å². The zero-order valence-corrected chi connectivity index (χ0v) is 20.2. The van der Waals surface area contributed by atoms with E-state index in [1.165, 1.54) is 11.8 Å². The predicted molar refractivity (Wildman–Crippen MR) is 132 cm³/mol. The Morgan fingerprint density at radius 1 is 1.03 bits per heavy atom. The minimum absolute atomic E-state index is 0.0409. The Balaban J connectivity index is 1.52. The van der Waals surface area contributed by atoms with Gasteiger partial charge >= 0.3 is 0 Å². The third-order valence-electron chi connectivity index (χ3n) is 5.25. The zero-order valence-electron chi connectivity index (χ0n) is 18.6. The molecule has 1 amide bonds. The van der Waals surface area contributed by atoms with Gasteiger partial charge in [-0.15, -0.1) is 0 Å². The molecule has 0 unspecified atom stereocenters. The molecule has 0 radical (unpaired) electrons. The molecule has 1 saturated heterocycles. The Hall–Kier alpha value is -2.72. The molecule has 4 rings (SSSR count). The molecule has 2 aromatic rings. The van der Waals surface area contributed by atoms with Gasteiger partial charge in [0, 0.05) is 16.6 Å². The minimum atomic E-state index is -3.06. The van der Waals surface area contributed by atoms with Crippen LogP contribution in [0, 0.1) is 0 Å². The molecule has 10 heteroatoms. The number of carbonyl (C=O) groups excluding carboxylic acids is 1. The number of rotatable bonds is 8. The molecular weight excluding hydrogens is 462 g/mol. The summed E-state index contributed by atoms with van der Waals surface area (Å²) in [5.74, 6) is 1.45. The molecule has 1 fully saturated rings. The van der Waals surface area contributed by atoms with Crippen molar-refractivity contribution in [2.45, 2.75) is 25.1 Å². The van der Waals surface area contributed by atoms with Crippen molar-refractivity contribution in [2.24, 2.45) is 4.99 Å². The number of amidine groups is 1. The maximum Gasteiger partial charge on any atom is 0.244 e. The standard InChI is InChI=1S/C23H27N3O5S2/c1-3-30-18-9-5-16(6-10-18)24-22(27)13-26(17-7-11-19(12-8-17)31-4-2)23-25-20-14-33(28,29)15-21(20)32-23/h5-12,20-21H,3-4,13-15H2,1-2H3,(H,24,27)/t20-,21-/m1/s1. The van der Waals surface area contributed by atoms with E-state index >= 15 is 0 Å². The second kappa shape index (κ2) is 10.0. The van der Waals surface area contributed by atoms with Crippen molar-refractivity contribution in [3.63, 3.8) is 0 Å². The van der Waals surface area contributed by atoms with Crippen molar-refractivity contribution in [3.8, 4) is 11.5 Å². The summed E-state index contributed by atoms with van der Waals surface area (Å²) in [4.78, 5) is 19.4. The molecule has 176 valence electrons. The molecule has 0 aromatic heterocycles. The maximum atomic E-state index is 12.9. The van der Waals surface area contributed by atoms with E-state index in [4.69, 9.17) is 9.47 Å². The number of hydrogen-bond donors (Lipinski definition) is 1. The number of hydrogen-bond acceptors (Lipinski definition) is 8. The van der Waals surface area contributed by atoms with Crippen molar-refractivity contribution in [3.05, 3.63) is 48.5 Å². The monoisotopic (exact) mass is 489 g/mol. The molecule has 2 aliphatic heterocycles. The first kappa shape index (κ1) is 23.4. The lowest BCUT2D eigenvalue weighted by Crippen LogP contribution is -2.36. The van der Waals surface area contributed by atoms with Crippen LogP contribution >= 0.6 is 11.8 Å². The van der Waals surface area contributed by atoms with Crippen molar-refractivity contribution in [2.75, 3.05) is 41.5 Å². The van der Waals surface area contributed by atoms with Crippen LogP contribution in [-0.2, 0) is 14.6 Å². The second-order valence-corrected chi connectivity index (χ2v) is 11.1. The maximum absolute atomic E-state index is 12.9. The van der Waals surface area contributed by atoms with Crippen LogP contribution in [0.3, 0.4) is 0 Å². The highest BCUT2D eigenvalue weighted by Crippen LogP contribution is 2.37. The molecule has 33 heavy (non-hydrogen) atoms. The van der Waals surface area contributed by atoms with Gasteiger partial charge in [0.15, 0.2) is 15.0 Å². The van der Waals surface area contributed by atoms with Crippen molar-refractivity contribution in [1.82, 2.24) is 0 Å². The van der Waals surface area contributed by atoms with Crippen LogP contribution in [0.1, 0.15) is 13.8 Å². The fraction of sp³-hybridized carbons (Fsp3) is 0.391. The van der Waals surface area contributed by atoms with Crippen LogP contribution in [0.4, 0.5) is 11.4 Å². The van der Waals surface area contributed by atoms with E-state index in [9.17, 15) is 13.2 Å². The summed E-state index contributed by atoms with van der Waals surface area (Å²) in [5, 5.41) is 3.46. The van der Waals surface area contributed by atoms with E-state index in [0.717, 1.165) is 17.2 Å². The van der Waals surface area contributed by atoms with Gasteiger partial charge in [-0.3, -0.25) is 9.79 Å². The lowest BCUT2D eigenvalue weighted by Gasteiger charge is -2.24. The second-order valence-electron chi connectivity index (χ2n) is 7.73. The third kappa shape index (κ3) is 5.80. The summed E-state index contributed by atoms with van der Waals surface area (Å²) in [7, 11) is -3.06. The highest BCUT2D eigenvalue weighted by atomic mass is 32.2. The SMILES string of the molecule is CCOc1ccc(NC(=O)CN(C2=N[C@@H]3CS(=O)(=O)C[C@H]3S2)c2ccc(OCC)cc2)cc1. The zero-order chi connectivity index (χ0) is 23.4. The van der Waals surface area contributed by atoms with E-state index in [-0.39, 0.29) is 35.2 Å². The Kier molecular flexibility index (Phi) is 7.14. The van der Waals surface area contributed by atoms with Crippen molar-refractivity contribution in [1.29, 1.82) is 0 Å². The van der Waals surface area contributed by atoms with Crippen LogP contribution < -0.4 is 19.7 Å². The van der Waals surface area contributed by atoms with Gasteiger partial charge in [-0.2, -0.15) is 0 Å². The average molecular weight is 490 g/mol. The number of sulfone groups is 1. The molecule has 2 aromatic carbocycles. The predicted octanol–water partition coefficient (Wildman–Crippen LogP) is 3.20. The molecule has 0 saturated carbocycles. The number of anilines is 2. The van der Waals surface area contributed by atoms with Crippen molar-refractivity contribution >= 4 is 44.0 Å². The number of ether oxygens (including phenoxy) is 2. The van der Waals surface area contributed by atoms with Gasteiger partial charge in [-0.1, -0.05) is 11.8 Å². The first-order valence-corrected chi connectivity index (χ1v) is 13.5. The van der Waals surface area contributed by atoms with Crippen LogP contribution in [0.2, 0.25) is 0 Å². The first-order valence-electron chi connectivity index (χ1n) is 10.8. The molecule has 0 bridgehead atoms. The van der Waals surface area contributed by atoms with Crippen LogP contribution in [0.15, 0.2) is 53.5 Å². The minimum Gasteiger partial charge on any atom is -0.494 e. The molecule has 8 nitrogen and oxygen atoms in total. The molecule has 0 spiro atoms. The Morgan fingerprint density at radius 2 is 1.64 bits per heavy atom. The van der Waals surface area contributed by atoms with E-state index in [0.29, 0.717) is 24.1 Å². The van der Waals surface area contributed by atoms with Crippen molar-refractivity contribution < 1.29 is 22.7 Å². The lowest BCUT2D eigenvalue weighted by molar-refractivity contribution is -0.114. The fourth-order valence-electron chi connectivity index (χ4n) is 3.77. The van der Waals surface area contributed by atoms with Gasteiger partial charge in [-0.05, 0) is 62.4 Å². The highest BCUT2D eigenvalue weighted by molar-refractivity contribution is 8.15. The number of thioether (sulfide) groups is 1. The average Bonchev–Trinajstić information content (AvgIpc) is 3.28. The van der Waals surface area contributed by atoms with Gasteiger partial charge in [0.25, 0.3) is 0 Å². The van der Waals surface area contributed by atoms with Gasteiger partial charge in [0.05, 0.1) is 30.8 Å². The summed E-state index contributed by atoms with van der Waals surface area (Å²) < 4.78 is 34.9. The quantitative estimate of drug-likeness (QED) is 0.608. The van der Waals surface area contributed by atoms with E-state index in [2.05, 4.69) is 10.3 Å². The smallest absolute Gasteiger partial charge is 0.244 e. The van der Waals surface area contributed by atoms with E-state index in [1.54, 1.807) is 12.1 Å². The molecule has 2 atom stereocenters. The molecular formula is C23H27N3O5S2. The number of aliphatic imine (C=N–C) groups is 1. The Labute approximate surface area is 198 Å².